The van der Waals surface area contributed by atoms with Crippen LogP contribution < -0.4 is 10.2 Å². The van der Waals surface area contributed by atoms with Crippen molar-refractivity contribution in [2.75, 3.05) is 37.6 Å². The van der Waals surface area contributed by atoms with E-state index >= 15 is 0 Å². The number of rotatable bonds is 6. The first-order chi connectivity index (χ1) is 12.7. The Morgan fingerprint density at radius 2 is 2.04 bits per heavy atom. The summed E-state index contributed by atoms with van der Waals surface area (Å²) in [5, 5.41) is 2.86. The van der Waals surface area contributed by atoms with Crippen LogP contribution in [0.5, 0.6) is 0 Å². The van der Waals surface area contributed by atoms with Crippen LogP contribution in [0.15, 0.2) is 35.1 Å². The number of furan rings is 1. The van der Waals surface area contributed by atoms with Crippen LogP contribution in [-0.2, 0) is 0 Å². The summed E-state index contributed by atoms with van der Waals surface area (Å²) >= 11 is 0. The fourth-order valence-electron chi connectivity index (χ4n) is 2.76. The number of hydrogen-bond acceptors (Lipinski definition) is 6. The molecule has 0 unspecified atom stereocenters. The highest BCUT2D eigenvalue weighted by molar-refractivity contribution is 5.92. The number of nitrogens with one attached hydrogen (secondary N) is 1. The molecule has 1 aliphatic heterocycles. The Morgan fingerprint density at radius 3 is 2.73 bits per heavy atom. The van der Waals surface area contributed by atoms with Crippen molar-refractivity contribution in [2.45, 2.75) is 19.8 Å². The largest absolute Gasteiger partial charge is 0.459 e. The predicted molar refractivity (Wildman–Crippen MR) is 96.1 cm³/mol. The summed E-state index contributed by atoms with van der Waals surface area (Å²) in [6.07, 6.45) is 5.05. The van der Waals surface area contributed by atoms with E-state index in [-0.39, 0.29) is 11.8 Å². The first-order valence-corrected chi connectivity index (χ1v) is 8.88. The number of nitrogens with zero attached hydrogens (tertiary/aromatic N) is 4. The molecule has 0 spiro atoms. The molecule has 3 rings (SSSR count). The molecule has 0 aromatic carbocycles. The van der Waals surface area contributed by atoms with Gasteiger partial charge >= 0.3 is 0 Å². The van der Waals surface area contributed by atoms with Gasteiger partial charge in [0.1, 0.15) is 5.69 Å². The third-order valence-corrected chi connectivity index (χ3v) is 4.27. The van der Waals surface area contributed by atoms with Crippen molar-refractivity contribution < 1.29 is 14.0 Å². The summed E-state index contributed by atoms with van der Waals surface area (Å²) < 4.78 is 5.17. The molecule has 0 aliphatic carbocycles. The van der Waals surface area contributed by atoms with Gasteiger partial charge in [0, 0.05) is 38.9 Å². The van der Waals surface area contributed by atoms with Gasteiger partial charge in [0.05, 0.1) is 6.26 Å². The lowest BCUT2D eigenvalue weighted by atomic mass is 10.3. The molecular weight excluding hydrogens is 334 g/mol. The monoisotopic (exact) mass is 357 g/mol. The molecular formula is C18H23N5O3. The van der Waals surface area contributed by atoms with Gasteiger partial charge in [-0.2, -0.15) is 0 Å². The second-order valence-corrected chi connectivity index (χ2v) is 6.11. The van der Waals surface area contributed by atoms with E-state index in [2.05, 4.69) is 22.2 Å². The molecule has 26 heavy (non-hydrogen) atoms. The van der Waals surface area contributed by atoms with Gasteiger partial charge in [-0.1, -0.05) is 13.3 Å². The molecule has 3 heterocycles. The summed E-state index contributed by atoms with van der Waals surface area (Å²) in [6.45, 7) is 5.03. The molecule has 1 aliphatic rings. The quantitative estimate of drug-likeness (QED) is 0.789. The number of piperazine rings is 1. The van der Waals surface area contributed by atoms with Gasteiger partial charge < -0.3 is 19.5 Å². The molecule has 8 heteroatoms. The second-order valence-electron chi connectivity index (χ2n) is 6.11. The van der Waals surface area contributed by atoms with Gasteiger partial charge in [-0.25, -0.2) is 9.97 Å². The Bertz CT molecular complexity index is 739. The van der Waals surface area contributed by atoms with E-state index in [0.29, 0.717) is 50.1 Å². The average Bonchev–Trinajstić information content (AvgIpc) is 3.22. The maximum absolute atomic E-state index is 12.3. The average molecular weight is 357 g/mol. The standard InChI is InChI=1S/C18H23N5O3/c1-2-3-7-19-16(24)14-6-8-20-18(21-14)23-11-9-22(10-12-23)17(25)15-5-4-13-26-15/h4-6,8,13H,2-3,7,9-12H2,1H3,(H,19,24). The summed E-state index contributed by atoms with van der Waals surface area (Å²) in [5.74, 6) is 0.562. The lowest BCUT2D eigenvalue weighted by Gasteiger charge is -2.34. The van der Waals surface area contributed by atoms with Crippen molar-refractivity contribution in [1.82, 2.24) is 20.2 Å². The molecule has 0 radical (unpaired) electrons. The summed E-state index contributed by atoms with van der Waals surface area (Å²) in [6, 6.07) is 4.98. The number of amides is 2. The van der Waals surface area contributed by atoms with Gasteiger partial charge in [0.25, 0.3) is 11.8 Å². The lowest BCUT2D eigenvalue weighted by Crippen LogP contribution is -2.49. The van der Waals surface area contributed by atoms with E-state index in [1.165, 1.54) is 6.26 Å². The van der Waals surface area contributed by atoms with Gasteiger partial charge in [-0.05, 0) is 24.6 Å². The molecule has 1 N–H and O–H groups in total. The minimum Gasteiger partial charge on any atom is -0.459 e. The van der Waals surface area contributed by atoms with Crippen LogP contribution >= 0.6 is 0 Å². The Morgan fingerprint density at radius 1 is 1.23 bits per heavy atom. The van der Waals surface area contributed by atoms with E-state index in [4.69, 9.17) is 4.42 Å². The number of carbonyl (C=O) groups excluding carboxylic acids is 2. The molecule has 1 saturated heterocycles. The molecule has 2 amide bonds. The van der Waals surface area contributed by atoms with E-state index in [1.807, 2.05) is 4.90 Å². The third kappa shape index (κ3) is 4.19. The van der Waals surface area contributed by atoms with E-state index in [9.17, 15) is 9.59 Å². The van der Waals surface area contributed by atoms with Gasteiger partial charge in [0.15, 0.2) is 5.76 Å². The van der Waals surface area contributed by atoms with Gasteiger partial charge in [-0.15, -0.1) is 0 Å². The maximum Gasteiger partial charge on any atom is 0.289 e. The van der Waals surface area contributed by atoms with E-state index < -0.39 is 0 Å². The SMILES string of the molecule is CCCCNC(=O)c1ccnc(N2CCN(C(=O)c3ccco3)CC2)n1. The topological polar surface area (TPSA) is 91.6 Å². The van der Waals surface area contributed by atoms with Crippen LogP contribution in [-0.4, -0.2) is 59.4 Å². The number of hydrogen-bond donors (Lipinski definition) is 1. The van der Waals surface area contributed by atoms with E-state index in [0.717, 1.165) is 12.8 Å². The van der Waals surface area contributed by atoms with Crippen molar-refractivity contribution in [2.24, 2.45) is 0 Å². The first-order valence-electron chi connectivity index (χ1n) is 8.88. The summed E-state index contributed by atoms with van der Waals surface area (Å²) in [5.41, 5.74) is 0.361. The Kier molecular flexibility index (Phi) is 5.83. The molecule has 138 valence electrons. The molecule has 0 saturated carbocycles. The molecule has 1 fully saturated rings. The minimum atomic E-state index is -0.186. The smallest absolute Gasteiger partial charge is 0.289 e. The van der Waals surface area contributed by atoms with Crippen LogP contribution in [0.2, 0.25) is 0 Å². The van der Waals surface area contributed by atoms with Crippen molar-refractivity contribution in [3.63, 3.8) is 0 Å². The normalized spacial score (nSPS) is 14.3. The maximum atomic E-state index is 12.3. The number of aromatic nitrogens is 2. The third-order valence-electron chi connectivity index (χ3n) is 4.27. The first kappa shape index (κ1) is 17.9. The highest BCUT2D eigenvalue weighted by Crippen LogP contribution is 2.14. The molecule has 8 nitrogen and oxygen atoms in total. The van der Waals surface area contributed by atoms with Crippen molar-refractivity contribution >= 4 is 17.8 Å². The van der Waals surface area contributed by atoms with Crippen LogP contribution in [0.1, 0.15) is 40.8 Å². The fraction of sp³-hybridized carbons (Fsp3) is 0.444. The zero-order valence-corrected chi connectivity index (χ0v) is 14.9. The van der Waals surface area contributed by atoms with Crippen LogP contribution in [0.25, 0.3) is 0 Å². The fourth-order valence-corrected chi connectivity index (χ4v) is 2.76. The van der Waals surface area contributed by atoms with Crippen LogP contribution in [0.4, 0.5) is 5.95 Å². The molecule has 0 atom stereocenters. The molecule has 0 bridgehead atoms. The summed E-state index contributed by atoms with van der Waals surface area (Å²) in [7, 11) is 0. The number of carbonyl (C=O) groups is 2. The summed E-state index contributed by atoms with van der Waals surface area (Å²) in [4.78, 5) is 36.8. The van der Waals surface area contributed by atoms with Crippen molar-refractivity contribution in [3.05, 3.63) is 42.1 Å². The van der Waals surface area contributed by atoms with Crippen molar-refractivity contribution in [3.8, 4) is 0 Å². The number of anilines is 1. The van der Waals surface area contributed by atoms with Crippen molar-refractivity contribution in [1.29, 1.82) is 0 Å². The molecule has 2 aromatic rings. The highest BCUT2D eigenvalue weighted by Gasteiger charge is 2.25. The van der Waals surface area contributed by atoms with Crippen LogP contribution in [0.3, 0.4) is 0 Å². The highest BCUT2D eigenvalue weighted by atomic mass is 16.3. The van der Waals surface area contributed by atoms with E-state index in [1.54, 1.807) is 29.3 Å². The molecule has 2 aromatic heterocycles. The zero-order valence-electron chi connectivity index (χ0n) is 14.9. The predicted octanol–water partition coefficient (Wildman–Crippen LogP) is 1.56. The minimum absolute atomic E-state index is 0.111. The number of unbranched alkanes of at least 4 members (excludes halogenated alkanes) is 1. The Hall–Kier alpha value is -2.90. The van der Waals surface area contributed by atoms with Crippen LogP contribution in [0, 0.1) is 0 Å². The Labute approximate surface area is 152 Å². The van der Waals surface area contributed by atoms with Gasteiger partial charge in [0.2, 0.25) is 5.95 Å². The lowest BCUT2D eigenvalue weighted by molar-refractivity contribution is 0.0714. The zero-order chi connectivity index (χ0) is 18.4. The van der Waals surface area contributed by atoms with Gasteiger partial charge in [-0.3, -0.25) is 9.59 Å². The second kappa shape index (κ2) is 8.46. The Balaban J connectivity index is 1.58.